The highest BCUT2D eigenvalue weighted by Crippen LogP contribution is 2.32. The highest BCUT2D eigenvalue weighted by Gasteiger charge is 2.31. The Bertz CT molecular complexity index is 841. The van der Waals surface area contributed by atoms with E-state index in [1.54, 1.807) is 26.0 Å². The first-order chi connectivity index (χ1) is 11.2. The Morgan fingerprint density at radius 2 is 1.54 bits per heavy atom. The van der Waals surface area contributed by atoms with Crippen LogP contribution in [0.2, 0.25) is 0 Å². The van der Waals surface area contributed by atoms with Crippen molar-refractivity contribution in [2.24, 2.45) is 0 Å². The molecule has 3 rings (SSSR count). The summed E-state index contributed by atoms with van der Waals surface area (Å²) in [6, 6.07) is 3.34. The van der Waals surface area contributed by atoms with Crippen LogP contribution in [0.5, 0.6) is 0 Å². The van der Waals surface area contributed by atoms with E-state index in [2.05, 4.69) is 0 Å². The van der Waals surface area contributed by atoms with Gasteiger partial charge in [-0.15, -0.1) is 0 Å². The Labute approximate surface area is 144 Å². The van der Waals surface area contributed by atoms with E-state index in [1.165, 1.54) is 8.61 Å². The average Bonchev–Trinajstić information content (AvgIpc) is 3.04. The standard InChI is InChI=1S/C16H24N2O4S2/c1-13-12-16(24(21,22)17-7-3-4-8-17)14(2)11-15(13)18-9-5-6-10-23(18,19)20/h11-12H,3-10H2,1-2H3. The molecule has 0 atom stereocenters. The molecule has 2 saturated heterocycles. The number of hydrogen-bond acceptors (Lipinski definition) is 4. The molecule has 2 aliphatic heterocycles. The van der Waals surface area contributed by atoms with Crippen molar-refractivity contribution in [3.05, 3.63) is 23.3 Å². The molecule has 0 spiro atoms. The quantitative estimate of drug-likeness (QED) is 0.813. The molecule has 8 heteroatoms. The number of nitrogens with zero attached hydrogens (tertiary/aromatic N) is 2. The van der Waals surface area contributed by atoms with Gasteiger partial charge < -0.3 is 0 Å². The molecule has 0 N–H and O–H groups in total. The molecular weight excluding hydrogens is 348 g/mol. The fourth-order valence-corrected chi connectivity index (χ4v) is 6.95. The zero-order chi connectivity index (χ0) is 17.5. The lowest BCUT2D eigenvalue weighted by atomic mass is 10.1. The third kappa shape index (κ3) is 3.07. The molecule has 2 aliphatic rings. The summed E-state index contributed by atoms with van der Waals surface area (Å²) >= 11 is 0. The summed E-state index contributed by atoms with van der Waals surface area (Å²) in [6.45, 7) is 5.09. The van der Waals surface area contributed by atoms with Gasteiger partial charge in [0.2, 0.25) is 20.0 Å². The number of anilines is 1. The van der Waals surface area contributed by atoms with Crippen LogP contribution in [0.3, 0.4) is 0 Å². The van der Waals surface area contributed by atoms with Gasteiger partial charge >= 0.3 is 0 Å². The molecular formula is C16H24N2O4S2. The maximum Gasteiger partial charge on any atom is 0.243 e. The van der Waals surface area contributed by atoms with Crippen molar-refractivity contribution < 1.29 is 16.8 Å². The lowest BCUT2D eigenvalue weighted by Crippen LogP contribution is -2.38. The van der Waals surface area contributed by atoms with Crippen LogP contribution in [0, 0.1) is 13.8 Å². The van der Waals surface area contributed by atoms with Gasteiger partial charge in [-0.3, -0.25) is 4.31 Å². The van der Waals surface area contributed by atoms with Gasteiger partial charge in [-0.2, -0.15) is 4.31 Å². The first-order valence-corrected chi connectivity index (χ1v) is 11.4. The molecule has 134 valence electrons. The van der Waals surface area contributed by atoms with Crippen molar-refractivity contribution in [1.82, 2.24) is 4.31 Å². The van der Waals surface area contributed by atoms with Crippen LogP contribution < -0.4 is 4.31 Å². The van der Waals surface area contributed by atoms with Crippen LogP contribution in [-0.4, -0.2) is 46.5 Å². The summed E-state index contributed by atoms with van der Waals surface area (Å²) in [6.07, 6.45) is 3.28. The van der Waals surface area contributed by atoms with Gasteiger partial charge in [0.15, 0.2) is 0 Å². The van der Waals surface area contributed by atoms with E-state index in [4.69, 9.17) is 0 Å². The highest BCUT2D eigenvalue weighted by atomic mass is 32.2. The van der Waals surface area contributed by atoms with Gasteiger partial charge in [0.05, 0.1) is 16.3 Å². The summed E-state index contributed by atoms with van der Waals surface area (Å²) < 4.78 is 53.3. The first kappa shape index (κ1) is 17.7. The van der Waals surface area contributed by atoms with Gasteiger partial charge in [0, 0.05) is 19.6 Å². The van der Waals surface area contributed by atoms with E-state index < -0.39 is 20.0 Å². The van der Waals surface area contributed by atoms with Crippen LogP contribution in [-0.2, 0) is 20.0 Å². The SMILES string of the molecule is Cc1cc(S(=O)(=O)N2CCCC2)c(C)cc1N1CCCCS1(=O)=O. The predicted octanol–water partition coefficient (Wildman–Crippen LogP) is 2.02. The molecule has 0 radical (unpaired) electrons. The summed E-state index contributed by atoms with van der Waals surface area (Å²) in [4.78, 5) is 0.292. The second-order valence-electron chi connectivity index (χ2n) is 6.61. The van der Waals surface area contributed by atoms with Gasteiger partial charge in [0.1, 0.15) is 0 Å². The molecule has 2 fully saturated rings. The third-order valence-corrected chi connectivity index (χ3v) is 8.69. The van der Waals surface area contributed by atoms with Crippen molar-refractivity contribution in [2.75, 3.05) is 29.7 Å². The Hall–Kier alpha value is -1.12. The molecule has 0 aliphatic carbocycles. The zero-order valence-electron chi connectivity index (χ0n) is 14.2. The van der Waals surface area contributed by atoms with Crippen molar-refractivity contribution in [1.29, 1.82) is 0 Å². The van der Waals surface area contributed by atoms with Crippen LogP contribution >= 0.6 is 0 Å². The Morgan fingerprint density at radius 3 is 2.17 bits per heavy atom. The Kier molecular flexibility index (Phi) is 4.65. The number of benzene rings is 1. The van der Waals surface area contributed by atoms with Gasteiger partial charge in [-0.1, -0.05) is 0 Å². The smallest absolute Gasteiger partial charge is 0.243 e. The predicted molar refractivity (Wildman–Crippen MR) is 94.3 cm³/mol. The van der Waals surface area contributed by atoms with Crippen LogP contribution in [0.1, 0.15) is 36.8 Å². The number of hydrogen-bond donors (Lipinski definition) is 0. The number of aryl methyl sites for hydroxylation is 2. The fourth-order valence-electron chi connectivity index (χ4n) is 3.45. The van der Waals surface area contributed by atoms with E-state index in [9.17, 15) is 16.8 Å². The van der Waals surface area contributed by atoms with Crippen LogP contribution in [0.15, 0.2) is 17.0 Å². The molecule has 0 amide bonds. The normalized spacial score (nSPS) is 22.0. The van der Waals surface area contributed by atoms with Gasteiger partial charge in [-0.25, -0.2) is 16.8 Å². The van der Waals surface area contributed by atoms with Crippen molar-refractivity contribution in [2.45, 2.75) is 44.4 Å². The zero-order valence-corrected chi connectivity index (χ0v) is 15.8. The minimum Gasteiger partial charge on any atom is -0.270 e. The second-order valence-corrected chi connectivity index (χ2v) is 10.5. The summed E-state index contributed by atoms with van der Waals surface area (Å²) in [5, 5.41) is 0. The van der Waals surface area contributed by atoms with Crippen molar-refractivity contribution in [3.63, 3.8) is 0 Å². The molecule has 24 heavy (non-hydrogen) atoms. The van der Waals surface area contributed by atoms with E-state index in [-0.39, 0.29) is 5.75 Å². The largest absolute Gasteiger partial charge is 0.270 e. The third-order valence-electron chi connectivity index (χ3n) is 4.79. The maximum absolute atomic E-state index is 12.8. The Morgan fingerprint density at radius 1 is 0.917 bits per heavy atom. The van der Waals surface area contributed by atoms with Gasteiger partial charge in [-0.05, 0) is 62.8 Å². The fraction of sp³-hybridized carbons (Fsp3) is 0.625. The summed E-state index contributed by atoms with van der Waals surface area (Å²) in [5.74, 6) is 0.152. The molecule has 0 aromatic heterocycles. The lowest BCUT2D eigenvalue weighted by molar-refractivity contribution is 0.477. The molecule has 0 unspecified atom stereocenters. The van der Waals surface area contributed by atoms with Crippen LogP contribution in [0.4, 0.5) is 5.69 Å². The number of rotatable bonds is 3. The van der Waals surface area contributed by atoms with E-state index >= 15 is 0 Å². The average molecular weight is 373 g/mol. The summed E-state index contributed by atoms with van der Waals surface area (Å²) in [5.41, 5.74) is 1.89. The molecule has 2 heterocycles. The van der Waals surface area contributed by atoms with Crippen molar-refractivity contribution >= 4 is 25.7 Å². The molecule has 0 saturated carbocycles. The lowest BCUT2D eigenvalue weighted by Gasteiger charge is -2.30. The molecule has 6 nitrogen and oxygen atoms in total. The highest BCUT2D eigenvalue weighted by molar-refractivity contribution is 7.92. The van der Waals surface area contributed by atoms with Gasteiger partial charge in [0.25, 0.3) is 0 Å². The maximum atomic E-state index is 12.8. The number of sulfonamides is 2. The molecule has 1 aromatic rings. The second kappa shape index (κ2) is 6.31. The van der Waals surface area contributed by atoms with E-state index in [0.29, 0.717) is 47.8 Å². The molecule has 0 bridgehead atoms. The minimum atomic E-state index is -3.50. The first-order valence-electron chi connectivity index (χ1n) is 8.35. The van der Waals surface area contributed by atoms with Crippen LogP contribution in [0.25, 0.3) is 0 Å². The van der Waals surface area contributed by atoms with E-state index in [1.807, 2.05) is 0 Å². The van der Waals surface area contributed by atoms with E-state index in [0.717, 1.165) is 19.3 Å². The minimum absolute atomic E-state index is 0.152. The topological polar surface area (TPSA) is 74.8 Å². The molecule has 1 aromatic carbocycles. The Balaban J connectivity index is 2.03. The monoisotopic (exact) mass is 372 g/mol. The summed E-state index contributed by atoms with van der Waals surface area (Å²) in [7, 11) is -6.81. The van der Waals surface area contributed by atoms with Crippen molar-refractivity contribution in [3.8, 4) is 0 Å².